The van der Waals surface area contributed by atoms with Gasteiger partial charge in [0.05, 0.1) is 0 Å². The molecule has 0 fully saturated rings. The van der Waals surface area contributed by atoms with E-state index in [2.05, 4.69) is 169 Å². The van der Waals surface area contributed by atoms with Gasteiger partial charge in [0, 0.05) is 44.7 Å². The topological polar surface area (TPSA) is 29.5 Å². The van der Waals surface area contributed by atoms with E-state index in [4.69, 9.17) is 8.83 Å². The number of para-hydroxylation sites is 2. The molecular weight excluding hydrogens is 647 g/mol. The van der Waals surface area contributed by atoms with Crippen molar-refractivity contribution in [2.45, 2.75) is 0 Å². The zero-order chi connectivity index (χ0) is 34.9. The number of anilines is 3. The fourth-order valence-corrected chi connectivity index (χ4v) is 8.12. The van der Waals surface area contributed by atoms with E-state index < -0.39 is 0 Å². The monoisotopic (exact) mass is 677 g/mol. The normalized spacial score (nSPS) is 11.8. The molecule has 0 spiro atoms. The zero-order valence-electron chi connectivity index (χ0n) is 28.7. The fraction of sp³-hybridized carbons (Fsp3) is 0. The van der Waals surface area contributed by atoms with Crippen molar-refractivity contribution in [2.75, 3.05) is 4.90 Å². The van der Waals surface area contributed by atoms with E-state index in [-0.39, 0.29) is 0 Å². The van der Waals surface area contributed by atoms with E-state index >= 15 is 0 Å². The van der Waals surface area contributed by atoms with Crippen LogP contribution in [0, 0.1) is 0 Å². The van der Waals surface area contributed by atoms with Gasteiger partial charge in [0.15, 0.2) is 0 Å². The number of rotatable bonds is 5. The molecule has 0 aliphatic carbocycles. The largest absolute Gasteiger partial charge is 0.456 e. The summed E-state index contributed by atoms with van der Waals surface area (Å²) in [6.07, 6.45) is 0. The predicted molar refractivity (Wildman–Crippen MR) is 222 cm³/mol. The molecule has 0 N–H and O–H groups in total. The van der Waals surface area contributed by atoms with Gasteiger partial charge in [0.25, 0.3) is 0 Å². The van der Waals surface area contributed by atoms with Gasteiger partial charge in [-0.25, -0.2) is 0 Å². The maximum atomic E-state index is 6.43. The molecule has 248 valence electrons. The molecule has 9 aromatic carbocycles. The summed E-state index contributed by atoms with van der Waals surface area (Å²) in [5.41, 5.74) is 11.4. The minimum atomic E-state index is 0.861. The van der Waals surface area contributed by atoms with Crippen LogP contribution in [0.1, 0.15) is 0 Å². The van der Waals surface area contributed by atoms with Gasteiger partial charge >= 0.3 is 0 Å². The smallest absolute Gasteiger partial charge is 0.137 e. The van der Waals surface area contributed by atoms with Gasteiger partial charge < -0.3 is 13.7 Å². The van der Waals surface area contributed by atoms with Gasteiger partial charge in [-0.05, 0) is 104 Å². The third-order valence-corrected chi connectivity index (χ3v) is 10.6. The molecule has 0 saturated heterocycles. The summed E-state index contributed by atoms with van der Waals surface area (Å²) >= 11 is 0. The number of benzene rings is 9. The summed E-state index contributed by atoms with van der Waals surface area (Å²) in [4.78, 5) is 2.35. The minimum Gasteiger partial charge on any atom is -0.456 e. The van der Waals surface area contributed by atoms with Crippen LogP contribution in [-0.4, -0.2) is 0 Å². The number of hydrogen-bond acceptors (Lipinski definition) is 3. The van der Waals surface area contributed by atoms with Crippen LogP contribution in [0.4, 0.5) is 17.1 Å². The van der Waals surface area contributed by atoms with E-state index in [1.807, 2.05) is 24.3 Å². The molecule has 0 bridgehead atoms. The molecule has 2 aromatic heterocycles. The van der Waals surface area contributed by atoms with Crippen molar-refractivity contribution in [3.8, 4) is 22.3 Å². The molecule has 0 atom stereocenters. The first-order chi connectivity index (χ1) is 26.2. The Morgan fingerprint density at radius 3 is 1.64 bits per heavy atom. The lowest BCUT2D eigenvalue weighted by Crippen LogP contribution is -2.10. The molecule has 0 aliphatic heterocycles. The first kappa shape index (κ1) is 29.6. The standard InChI is InChI=1S/C50H31NO2/c1-2-11-32(12-3-1)39-15-4-5-16-40(39)34-13-10-14-36(27-34)51(38-25-26-43-41-17-6-8-19-47(41)53-50(43)30-38)37-24-23-33-21-22-35-28-49-46(31-45(35)44(33)29-37)42-18-7-9-20-48(42)52-49/h1-31H. The summed E-state index contributed by atoms with van der Waals surface area (Å²) in [5.74, 6) is 0. The van der Waals surface area contributed by atoms with Crippen LogP contribution in [0.25, 0.3) is 87.7 Å². The third kappa shape index (κ3) is 4.82. The van der Waals surface area contributed by atoms with Crippen molar-refractivity contribution in [1.82, 2.24) is 0 Å². The molecule has 11 rings (SSSR count). The lowest BCUT2D eigenvalue weighted by atomic mass is 9.94. The Morgan fingerprint density at radius 1 is 0.283 bits per heavy atom. The first-order valence-corrected chi connectivity index (χ1v) is 18.0. The van der Waals surface area contributed by atoms with Gasteiger partial charge in [0.2, 0.25) is 0 Å². The summed E-state index contributed by atoms with van der Waals surface area (Å²) < 4.78 is 12.7. The maximum absolute atomic E-state index is 6.43. The van der Waals surface area contributed by atoms with Gasteiger partial charge in [0.1, 0.15) is 22.3 Å². The average Bonchev–Trinajstić information content (AvgIpc) is 3.78. The molecule has 3 heteroatoms. The van der Waals surface area contributed by atoms with Crippen LogP contribution in [0.5, 0.6) is 0 Å². The second-order valence-electron chi connectivity index (χ2n) is 13.7. The molecule has 0 unspecified atom stereocenters. The van der Waals surface area contributed by atoms with Crippen molar-refractivity contribution in [1.29, 1.82) is 0 Å². The lowest BCUT2D eigenvalue weighted by molar-refractivity contribution is 0.669. The SMILES string of the molecule is c1ccc(-c2ccccc2-c2cccc(N(c3ccc4c(c3)oc3ccccc34)c3ccc4ccc5cc6oc7ccccc7c6cc5c4c3)c2)cc1. The second kappa shape index (κ2) is 11.7. The molecule has 2 heterocycles. The average molecular weight is 678 g/mol. The molecule has 11 aromatic rings. The molecule has 3 nitrogen and oxygen atoms in total. The second-order valence-corrected chi connectivity index (χ2v) is 13.7. The molecule has 53 heavy (non-hydrogen) atoms. The lowest BCUT2D eigenvalue weighted by Gasteiger charge is -2.26. The molecule has 0 amide bonds. The van der Waals surface area contributed by atoms with Gasteiger partial charge in [-0.3, -0.25) is 0 Å². The van der Waals surface area contributed by atoms with Gasteiger partial charge in [-0.2, -0.15) is 0 Å². The Hall–Kier alpha value is -7.10. The summed E-state index contributed by atoms with van der Waals surface area (Å²) in [7, 11) is 0. The van der Waals surface area contributed by atoms with E-state index in [0.29, 0.717) is 0 Å². The fourth-order valence-electron chi connectivity index (χ4n) is 8.12. The highest BCUT2D eigenvalue weighted by atomic mass is 16.3. The summed E-state index contributed by atoms with van der Waals surface area (Å²) in [6, 6.07) is 67.0. The Bertz CT molecular complexity index is 3190. The first-order valence-electron chi connectivity index (χ1n) is 18.0. The minimum absolute atomic E-state index is 0.861. The van der Waals surface area contributed by atoms with Crippen LogP contribution in [0.15, 0.2) is 197 Å². The zero-order valence-corrected chi connectivity index (χ0v) is 28.7. The van der Waals surface area contributed by atoms with Crippen molar-refractivity contribution in [2.24, 2.45) is 0 Å². The van der Waals surface area contributed by atoms with Crippen LogP contribution in [-0.2, 0) is 0 Å². The molecule has 0 saturated carbocycles. The van der Waals surface area contributed by atoms with Crippen molar-refractivity contribution < 1.29 is 8.83 Å². The Labute approximate surface area is 305 Å². The highest BCUT2D eigenvalue weighted by molar-refractivity contribution is 6.17. The van der Waals surface area contributed by atoms with Gasteiger partial charge in [-0.1, -0.05) is 121 Å². The van der Waals surface area contributed by atoms with E-state index in [9.17, 15) is 0 Å². The van der Waals surface area contributed by atoms with Crippen LogP contribution < -0.4 is 4.90 Å². The van der Waals surface area contributed by atoms with Gasteiger partial charge in [-0.15, -0.1) is 0 Å². The summed E-state index contributed by atoms with van der Waals surface area (Å²) in [5, 5.41) is 9.21. The van der Waals surface area contributed by atoms with Crippen LogP contribution >= 0.6 is 0 Å². The molecule has 0 radical (unpaired) electrons. The summed E-state index contributed by atoms with van der Waals surface area (Å²) in [6.45, 7) is 0. The highest BCUT2D eigenvalue weighted by Gasteiger charge is 2.18. The maximum Gasteiger partial charge on any atom is 0.137 e. The van der Waals surface area contributed by atoms with E-state index in [1.165, 1.54) is 32.8 Å². The van der Waals surface area contributed by atoms with Crippen molar-refractivity contribution in [3.63, 3.8) is 0 Å². The predicted octanol–water partition coefficient (Wildman–Crippen LogP) is 14.6. The quantitative estimate of drug-likeness (QED) is 0.170. The Balaban J connectivity index is 1.14. The van der Waals surface area contributed by atoms with E-state index in [1.54, 1.807) is 0 Å². The Kier molecular flexibility index (Phi) is 6.55. The van der Waals surface area contributed by atoms with E-state index in [0.717, 1.165) is 71.9 Å². The number of furan rings is 2. The Morgan fingerprint density at radius 2 is 0.830 bits per heavy atom. The number of nitrogens with zero attached hydrogens (tertiary/aromatic N) is 1. The highest BCUT2D eigenvalue weighted by Crippen LogP contribution is 2.43. The van der Waals surface area contributed by atoms with Crippen LogP contribution in [0.3, 0.4) is 0 Å². The molecular formula is C50H31NO2. The number of hydrogen-bond donors (Lipinski definition) is 0. The van der Waals surface area contributed by atoms with Crippen molar-refractivity contribution >= 4 is 82.5 Å². The van der Waals surface area contributed by atoms with Crippen molar-refractivity contribution in [3.05, 3.63) is 188 Å². The third-order valence-electron chi connectivity index (χ3n) is 10.6. The number of fused-ring (bicyclic) bond motifs is 9. The van der Waals surface area contributed by atoms with Crippen LogP contribution in [0.2, 0.25) is 0 Å². The molecule has 0 aliphatic rings.